The number of esters is 2. The van der Waals surface area contributed by atoms with Crippen molar-refractivity contribution in [3.63, 3.8) is 0 Å². The molecule has 7 heteroatoms. The number of rotatable bonds is 9. The van der Waals surface area contributed by atoms with Crippen LogP contribution in [0, 0.1) is 11.3 Å². The van der Waals surface area contributed by atoms with Crippen LogP contribution in [0.5, 0.6) is 0 Å². The fraction of sp³-hybridized carbons (Fsp3) is 0.296. The molecule has 0 saturated heterocycles. The van der Waals surface area contributed by atoms with Crippen molar-refractivity contribution >= 4 is 27.9 Å². The van der Waals surface area contributed by atoms with E-state index >= 15 is 0 Å². The van der Waals surface area contributed by atoms with Crippen LogP contribution < -0.4 is 5.32 Å². The summed E-state index contributed by atoms with van der Waals surface area (Å²) in [7, 11) is 0. The number of ether oxygens (including phenoxy) is 2. The first-order valence-electron chi connectivity index (χ1n) is 11.1. The number of aryl methyl sites for hydroxylation is 1. The molecule has 1 atom stereocenters. The monoisotopic (exact) mass is 522 g/mol. The number of nitrogens with zero attached hydrogens (tertiary/aromatic N) is 1. The standard InChI is InChI=1S/C27H27BrN2O4/c1-18-23(26(31)33-16-6-10-20-8-4-3-5-9-20)25(21-11-13-22(28)14-12-21)24(19(2)30-18)27(32)34-17-7-15-29/h3-5,8-9,11-14,25,30H,6-7,10,16-17H2,1-2H3. The second-order valence-electron chi connectivity index (χ2n) is 7.96. The van der Waals surface area contributed by atoms with Gasteiger partial charge in [-0.15, -0.1) is 0 Å². The van der Waals surface area contributed by atoms with Crippen molar-refractivity contribution in [3.8, 4) is 6.07 Å². The molecule has 6 nitrogen and oxygen atoms in total. The molecule has 0 bridgehead atoms. The minimum absolute atomic E-state index is 0.0128. The van der Waals surface area contributed by atoms with E-state index in [9.17, 15) is 9.59 Å². The lowest BCUT2D eigenvalue weighted by atomic mass is 9.80. The Morgan fingerprint density at radius 1 is 0.941 bits per heavy atom. The van der Waals surface area contributed by atoms with Crippen LogP contribution in [0.1, 0.15) is 43.7 Å². The molecular weight excluding hydrogens is 496 g/mol. The van der Waals surface area contributed by atoms with E-state index in [1.165, 1.54) is 5.56 Å². The minimum Gasteiger partial charge on any atom is -0.462 e. The Hall–Kier alpha value is -3.37. The average molecular weight is 523 g/mol. The van der Waals surface area contributed by atoms with Gasteiger partial charge in [0.05, 0.1) is 36.2 Å². The highest BCUT2D eigenvalue weighted by Gasteiger charge is 2.38. The smallest absolute Gasteiger partial charge is 0.336 e. The van der Waals surface area contributed by atoms with Crippen molar-refractivity contribution in [1.82, 2.24) is 5.32 Å². The number of nitriles is 1. The van der Waals surface area contributed by atoms with E-state index in [0.29, 0.717) is 29.0 Å². The molecule has 1 aliphatic rings. The van der Waals surface area contributed by atoms with E-state index in [-0.39, 0.29) is 19.6 Å². The Morgan fingerprint density at radius 2 is 1.53 bits per heavy atom. The Bertz CT molecular complexity index is 1130. The second-order valence-corrected chi connectivity index (χ2v) is 8.87. The molecule has 0 fully saturated rings. The summed E-state index contributed by atoms with van der Waals surface area (Å²) in [4.78, 5) is 26.3. The lowest BCUT2D eigenvalue weighted by molar-refractivity contribution is -0.140. The highest BCUT2D eigenvalue weighted by Crippen LogP contribution is 2.39. The fourth-order valence-corrected chi connectivity index (χ4v) is 4.22. The van der Waals surface area contributed by atoms with Crippen LogP contribution in [0.4, 0.5) is 0 Å². The molecule has 3 rings (SSSR count). The topological polar surface area (TPSA) is 88.4 Å². The van der Waals surface area contributed by atoms with Crippen molar-refractivity contribution in [3.05, 3.63) is 92.7 Å². The molecule has 0 spiro atoms. The van der Waals surface area contributed by atoms with Gasteiger partial charge in [0.1, 0.15) is 6.61 Å². The van der Waals surface area contributed by atoms with Crippen LogP contribution in [0.15, 0.2) is 81.6 Å². The van der Waals surface area contributed by atoms with Crippen LogP contribution in [0.3, 0.4) is 0 Å². The molecule has 34 heavy (non-hydrogen) atoms. The van der Waals surface area contributed by atoms with Gasteiger partial charge in [-0.05, 0) is 49.9 Å². The highest BCUT2D eigenvalue weighted by molar-refractivity contribution is 9.10. The first-order valence-corrected chi connectivity index (χ1v) is 11.9. The number of carbonyl (C=O) groups is 2. The third kappa shape index (κ3) is 6.36. The van der Waals surface area contributed by atoms with Gasteiger partial charge in [0, 0.05) is 15.9 Å². The third-order valence-corrected chi connectivity index (χ3v) is 6.06. The molecule has 0 radical (unpaired) electrons. The van der Waals surface area contributed by atoms with E-state index in [4.69, 9.17) is 14.7 Å². The average Bonchev–Trinajstić information content (AvgIpc) is 2.82. The molecule has 2 aromatic carbocycles. The van der Waals surface area contributed by atoms with Gasteiger partial charge in [-0.1, -0.05) is 58.4 Å². The van der Waals surface area contributed by atoms with E-state index < -0.39 is 17.9 Å². The van der Waals surface area contributed by atoms with Crippen molar-refractivity contribution in [2.24, 2.45) is 0 Å². The van der Waals surface area contributed by atoms with Crippen LogP contribution in [-0.4, -0.2) is 25.2 Å². The number of hydrogen-bond acceptors (Lipinski definition) is 6. The highest BCUT2D eigenvalue weighted by atomic mass is 79.9. The zero-order chi connectivity index (χ0) is 24.5. The molecule has 176 valence electrons. The number of carbonyl (C=O) groups excluding carboxylic acids is 2. The fourth-order valence-electron chi connectivity index (χ4n) is 3.95. The van der Waals surface area contributed by atoms with Crippen molar-refractivity contribution in [2.45, 2.75) is 39.0 Å². The molecule has 1 aliphatic heterocycles. The SMILES string of the molecule is CC1=C(C(=O)OCCC#N)C(c2ccc(Br)cc2)C(C(=O)OCCCc2ccccc2)=C(C)N1. The van der Waals surface area contributed by atoms with Crippen molar-refractivity contribution in [2.75, 3.05) is 13.2 Å². The summed E-state index contributed by atoms with van der Waals surface area (Å²) in [5.74, 6) is -1.68. The zero-order valence-corrected chi connectivity index (χ0v) is 20.9. The Kier molecular flexibility index (Phi) is 9.06. The van der Waals surface area contributed by atoms with Crippen LogP contribution >= 0.6 is 15.9 Å². The maximum absolute atomic E-state index is 13.3. The second kappa shape index (κ2) is 12.2. The quantitative estimate of drug-likeness (QED) is 0.354. The van der Waals surface area contributed by atoms with Gasteiger partial charge < -0.3 is 14.8 Å². The first kappa shape index (κ1) is 25.3. The predicted octanol–water partition coefficient (Wildman–Crippen LogP) is 5.32. The van der Waals surface area contributed by atoms with E-state index in [2.05, 4.69) is 21.2 Å². The van der Waals surface area contributed by atoms with Gasteiger partial charge in [0.2, 0.25) is 0 Å². The Morgan fingerprint density at radius 3 is 2.12 bits per heavy atom. The van der Waals surface area contributed by atoms with Gasteiger partial charge in [-0.3, -0.25) is 0 Å². The van der Waals surface area contributed by atoms with Crippen molar-refractivity contribution < 1.29 is 19.1 Å². The van der Waals surface area contributed by atoms with Gasteiger partial charge in [-0.25, -0.2) is 9.59 Å². The minimum atomic E-state index is -0.648. The molecule has 1 N–H and O–H groups in total. The lowest BCUT2D eigenvalue weighted by Crippen LogP contribution is -2.32. The maximum Gasteiger partial charge on any atom is 0.336 e. The van der Waals surface area contributed by atoms with E-state index in [1.54, 1.807) is 13.8 Å². The third-order valence-electron chi connectivity index (χ3n) is 5.54. The molecule has 0 aromatic heterocycles. The van der Waals surface area contributed by atoms with Crippen LogP contribution in [0.25, 0.3) is 0 Å². The molecule has 1 unspecified atom stereocenters. The summed E-state index contributed by atoms with van der Waals surface area (Å²) < 4.78 is 11.9. The number of hydrogen-bond donors (Lipinski definition) is 1. The molecular formula is C27H27BrN2O4. The number of benzene rings is 2. The number of nitrogens with one attached hydrogen (secondary N) is 1. The predicted molar refractivity (Wildman–Crippen MR) is 132 cm³/mol. The van der Waals surface area contributed by atoms with Gasteiger partial charge >= 0.3 is 11.9 Å². The summed E-state index contributed by atoms with van der Waals surface area (Å²) >= 11 is 3.43. The van der Waals surface area contributed by atoms with E-state index in [1.807, 2.05) is 60.7 Å². The summed E-state index contributed by atoms with van der Waals surface area (Å²) in [5.41, 5.74) is 3.90. The maximum atomic E-state index is 13.3. The van der Waals surface area contributed by atoms with Crippen LogP contribution in [-0.2, 0) is 25.5 Å². The number of dihydropyridines is 1. The summed E-state index contributed by atoms with van der Waals surface area (Å²) in [6.07, 6.45) is 1.59. The molecule has 2 aromatic rings. The largest absolute Gasteiger partial charge is 0.462 e. The number of allylic oxidation sites excluding steroid dienone is 2. The van der Waals surface area contributed by atoms with Crippen LogP contribution in [0.2, 0.25) is 0 Å². The molecule has 1 heterocycles. The molecule has 0 saturated carbocycles. The van der Waals surface area contributed by atoms with Gasteiger partial charge in [0.15, 0.2) is 0 Å². The Labute approximate surface area is 208 Å². The zero-order valence-electron chi connectivity index (χ0n) is 19.3. The summed E-state index contributed by atoms with van der Waals surface area (Å²) in [5, 5.41) is 11.9. The molecule has 0 amide bonds. The Balaban J connectivity index is 1.83. The van der Waals surface area contributed by atoms with Gasteiger partial charge in [-0.2, -0.15) is 5.26 Å². The molecule has 0 aliphatic carbocycles. The van der Waals surface area contributed by atoms with E-state index in [0.717, 1.165) is 16.5 Å². The summed E-state index contributed by atoms with van der Waals surface area (Å²) in [6.45, 7) is 3.83. The first-order chi connectivity index (χ1) is 16.4. The summed E-state index contributed by atoms with van der Waals surface area (Å²) in [6, 6.07) is 19.4. The number of halogens is 1. The van der Waals surface area contributed by atoms with Gasteiger partial charge in [0.25, 0.3) is 0 Å². The normalized spacial score (nSPS) is 15.4. The van der Waals surface area contributed by atoms with Crippen molar-refractivity contribution in [1.29, 1.82) is 5.26 Å². The lowest BCUT2D eigenvalue weighted by Gasteiger charge is -2.30.